The van der Waals surface area contributed by atoms with Crippen LogP contribution in [0.5, 0.6) is 0 Å². The molecule has 0 fully saturated rings. The Kier molecular flexibility index (Phi) is 3.74. The predicted octanol–water partition coefficient (Wildman–Crippen LogP) is 2.45. The highest BCUT2D eigenvalue weighted by atomic mass is 16.5. The summed E-state index contributed by atoms with van der Waals surface area (Å²) in [4.78, 5) is 15.8. The van der Waals surface area contributed by atoms with Gasteiger partial charge in [-0.25, -0.2) is 9.78 Å². The number of rotatable bonds is 4. The topological polar surface area (TPSA) is 70.1 Å². The zero-order chi connectivity index (χ0) is 14.0. The van der Waals surface area contributed by atoms with Gasteiger partial charge in [-0.1, -0.05) is 13.8 Å². The Morgan fingerprint density at radius 3 is 2.84 bits per heavy atom. The molecular formula is C14H19N3O2. The van der Waals surface area contributed by atoms with Crippen molar-refractivity contribution in [3.63, 3.8) is 0 Å². The van der Waals surface area contributed by atoms with Gasteiger partial charge in [-0.05, 0) is 30.5 Å². The fourth-order valence-electron chi connectivity index (χ4n) is 2.02. The molecule has 5 nitrogen and oxygen atoms in total. The number of carbonyl (C=O) groups excluding carboxylic acids is 1. The Hall–Kier alpha value is -2.04. The molecule has 2 N–H and O–H groups in total. The molecule has 102 valence electrons. The van der Waals surface area contributed by atoms with Crippen LogP contribution in [0.3, 0.4) is 0 Å². The van der Waals surface area contributed by atoms with E-state index in [1.807, 2.05) is 10.6 Å². The normalized spacial score (nSPS) is 11.2. The van der Waals surface area contributed by atoms with E-state index >= 15 is 0 Å². The first kappa shape index (κ1) is 13.4. The number of fused-ring (bicyclic) bond motifs is 1. The van der Waals surface area contributed by atoms with E-state index in [1.54, 1.807) is 12.1 Å². The maximum atomic E-state index is 11.5. The number of nitrogens with two attached hydrogens (primary N) is 1. The summed E-state index contributed by atoms with van der Waals surface area (Å²) in [6.07, 6.45) is 1.04. The van der Waals surface area contributed by atoms with Gasteiger partial charge in [0.05, 0.1) is 23.7 Å². The van der Waals surface area contributed by atoms with Crippen LogP contribution in [0.1, 0.15) is 30.6 Å². The second-order valence-corrected chi connectivity index (χ2v) is 5.00. The smallest absolute Gasteiger partial charge is 0.337 e. The fourth-order valence-corrected chi connectivity index (χ4v) is 2.02. The number of aryl methyl sites for hydroxylation is 1. The summed E-state index contributed by atoms with van der Waals surface area (Å²) in [6, 6.07) is 5.32. The van der Waals surface area contributed by atoms with Crippen LogP contribution in [0.25, 0.3) is 11.0 Å². The van der Waals surface area contributed by atoms with E-state index in [9.17, 15) is 4.79 Å². The maximum absolute atomic E-state index is 11.5. The largest absolute Gasteiger partial charge is 0.465 e. The Balaban J connectivity index is 2.39. The summed E-state index contributed by atoms with van der Waals surface area (Å²) < 4.78 is 6.68. The lowest BCUT2D eigenvalue weighted by atomic mass is 10.1. The van der Waals surface area contributed by atoms with Crippen molar-refractivity contribution in [3.8, 4) is 0 Å². The van der Waals surface area contributed by atoms with Crippen molar-refractivity contribution in [2.45, 2.75) is 26.8 Å². The van der Waals surface area contributed by atoms with E-state index in [2.05, 4.69) is 18.8 Å². The molecule has 5 heteroatoms. The van der Waals surface area contributed by atoms with Crippen LogP contribution in [0.2, 0.25) is 0 Å². The van der Waals surface area contributed by atoms with Gasteiger partial charge in [0.15, 0.2) is 0 Å². The average molecular weight is 261 g/mol. The minimum absolute atomic E-state index is 0.364. The molecule has 0 bridgehead atoms. The van der Waals surface area contributed by atoms with E-state index in [0.717, 1.165) is 24.0 Å². The van der Waals surface area contributed by atoms with E-state index in [0.29, 0.717) is 17.4 Å². The Bertz CT molecular complexity index is 602. The SMILES string of the molecule is COC(=O)c1ccc2c(c1)nc(N)n2CCC(C)C. The highest BCUT2D eigenvalue weighted by molar-refractivity contribution is 5.94. The highest BCUT2D eigenvalue weighted by Crippen LogP contribution is 2.21. The molecule has 2 rings (SSSR count). The quantitative estimate of drug-likeness (QED) is 0.858. The highest BCUT2D eigenvalue weighted by Gasteiger charge is 2.12. The average Bonchev–Trinajstić information content (AvgIpc) is 2.69. The van der Waals surface area contributed by atoms with Crippen LogP contribution in [0, 0.1) is 5.92 Å². The van der Waals surface area contributed by atoms with E-state index in [-0.39, 0.29) is 5.97 Å². The van der Waals surface area contributed by atoms with E-state index < -0.39 is 0 Å². The lowest BCUT2D eigenvalue weighted by Crippen LogP contribution is -2.05. The third-order valence-electron chi connectivity index (χ3n) is 3.13. The lowest BCUT2D eigenvalue weighted by Gasteiger charge is -2.08. The molecule has 0 spiro atoms. The van der Waals surface area contributed by atoms with Gasteiger partial charge in [0, 0.05) is 6.54 Å². The number of hydrogen-bond acceptors (Lipinski definition) is 4. The number of ether oxygens (including phenoxy) is 1. The van der Waals surface area contributed by atoms with E-state index in [4.69, 9.17) is 10.5 Å². The predicted molar refractivity (Wildman–Crippen MR) is 74.9 cm³/mol. The van der Waals surface area contributed by atoms with Crippen molar-refractivity contribution < 1.29 is 9.53 Å². The van der Waals surface area contributed by atoms with Crippen molar-refractivity contribution in [2.24, 2.45) is 5.92 Å². The molecule has 0 aliphatic carbocycles. The Morgan fingerprint density at radius 2 is 2.21 bits per heavy atom. The van der Waals surface area contributed by atoms with Gasteiger partial charge in [0.2, 0.25) is 5.95 Å². The fraction of sp³-hybridized carbons (Fsp3) is 0.429. The second kappa shape index (κ2) is 5.30. The number of imidazole rings is 1. The van der Waals surface area contributed by atoms with Crippen molar-refractivity contribution in [1.82, 2.24) is 9.55 Å². The van der Waals surface area contributed by atoms with Crippen LogP contribution in [0.4, 0.5) is 5.95 Å². The summed E-state index contributed by atoms with van der Waals surface area (Å²) in [7, 11) is 1.36. The summed E-state index contributed by atoms with van der Waals surface area (Å²) in [5, 5.41) is 0. The first-order valence-corrected chi connectivity index (χ1v) is 6.37. The zero-order valence-corrected chi connectivity index (χ0v) is 11.5. The van der Waals surface area contributed by atoms with Crippen molar-refractivity contribution in [3.05, 3.63) is 23.8 Å². The first-order chi connectivity index (χ1) is 9.02. The molecule has 2 aromatic rings. The van der Waals surface area contributed by atoms with Gasteiger partial charge in [-0.2, -0.15) is 0 Å². The van der Waals surface area contributed by atoms with E-state index in [1.165, 1.54) is 7.11 Å². The number of esters is 1. The van der Waals surface area contributed by atoms with Gasteiger partial charge < -0.3 is 15.0 Å². The van der Waals surface area contributed by atoms with Crippen LogP contribution < -0.4 is 5.73 Å². The number of hydrogen-bond donors (Lipinski definition) is 1. The number of anilines is 1. The Labute approximate surface area is 112 Å². The first-order valence-electron chi connectivity index (χ1n) is 6.37. The minimum Gasteiger partial charge on any atom is -0.465 e. The van der Waals surface area contributed by atoms with Gasteiger partial charge >= 0.3 is 5.97 Å². The number of aromatic nitrogens is 2. The molecule has 1 aromatic heterocycles. The molecule has 1 heterocycles. The third-order valence-corrected chi connectivity index (χ3v) is 3.13. The molecule has 0 aliphatic rings. The zero-order valence-electron chi connectivity index (χ0n) is 11.5. The molecule has 0 atom stereocenters. The summed E-state index contributed by atoms with van der Waals surface area (Å²) in [5.74, 6) is 0.723. The number of methoxy groups -OCH3 is 1. The van der Waals surface area contributed by atoms with Crippen molar-refractivity contribution in [2.75, 3.05) is 12.8 Å². The number of carbonyl (C=O) groups is 1. The lowest BCUT2D eigenvalue weighted by molar-refractivity contribution is 0.0601. The molecule has 0 aliphatic heterocycles. The monoisotopic (exact) mass is 261 g/mol. The van der Waals surface area contributed by atoms with Crippen LogP contribution in [0.15, 0.2) is 18.2 Å². The molecule has 1 aromatic carbocycles. The molecule has 19 heavy (non-hydrogen) atoms. The van der Waals surface area contributed by atoms with Crippen LogP contribution in [-0.4, -0.2) is 22.6 Å². The standard InChI is InChI=1S/C14H19N3O2/c1-9(2)6-7-17-12-5-4-10(13(18)19-3)8-11(12)16-14(17)15/h4-5,8-9H,6-7H2,1-3H3,(H2,15,16). The van der Waals surface area contributed by atoms with Gasteiger partial charge in [0.1, 0.15) is 0 Å². The third kappa shape index (κ3) is 2.70. The minimum atomic E-state index is -0.364. The molecule has 0 unspecified atom stereocenters. The summed E-state index contributed by atoms with van der Waals surface area (Å²) >= 11 is 0. The van der Waals surface area contributed by atoms with Gasteiger partial charge in [-0.15, -0.1) is 0 Å². The number of benzene rings is 1. The summed E-state index contributed by atoms with van der Waals surface area (Å²) in [6.45, 7) is 5.17. The molecule has 0 saturated heterocycles. The van der Waals surface area contributed by atoms with Crippen molar-refractivity contribution in [1.29, 1.82) is 0 Å². The maximum Gasteiger partial charge on any atom is 0.337 e. The van der Waals surface area contributed by atoms with Crippen LogP contribution >= 0.6 is 0 Å². The summed E-state index contributed by atoms with van der Waals surface area (Å²) in [5.41, 5.74) is 8.10. The van der Waals surface area contributed by atoms with Gasteiger partial charge in [-0.3, -0.25) is 0 Å². The Morgan fingerprint density at radius 1 is 1.47 bits per heavy atom. The second-order valence-electron chi connectivity index (χ2n) is 5.00. The van der Waals surface area contributed by atoms with Gasteiger partial charge in [0.25, 0.3) is 0 Å². The molecule has 0 saturated carbocycles. The molecular weight excluding hydrogens is 242 g/mol. The van der Waals surface area contributed by atoms with Crippen molar-refractivity contribution >= 4 is 23.0 Å². The number of nitrogen functional groups attached to an aromatic ring is 1. The van der Waals surface area contributed by atoms with Crippen LogP contribution in [-0.2, 0) is 11.3 Å². The number of nitrogens with zero attached hydrogens (tertiary/aromatic N) is 2. The molecule has 0 radical (unpaired) electrons. The molecule has 0 amide bonds.